The van der Waals surface area contributed by atoms with Gasteiger partial charge in [0.05, 0.1) is 46.0 Å². The zero-order valence-electron chi connectivity index (χ0n) is 66.1. The summed E-state index contributed by atoms with van der Waals surface area (Å²) in [7, 11) is 0. The summed E-state index contributed by atoms with van der Waals surface area (Å²) >= 11 is 0. The topological polar surface area (TPSA) is 227 Å². The fraction of sp³-hybridized carbons (Fsp3) is 0.273. The summed E-state index contributed by atoms with van der Waals surface area (Å²) in [5.74, 6) is -21.5. The van der Waals surface area contributed by atoms with Crippen LogP contribution in [0.4, 0.5) is 87.8 Å². The molecule has 0 bridgehead atoms. The Morgan fingerprint density at radius 3 is 1.22 bits per heavy atom. The number of Topliss-reactive ketones (excluding diaryl/α,β-unsaturated/α-hetero) is 5. The number of hydrogen-bond donors (Lipinski definition) is 0. The number of carbonyl (C=O) groups excluding carboxylic acids is 5. The SMILES string of the molecule is CC(=O)c1cc(-c2cccnc2[C@@H](CC(=O)Cn2nc(C(F)(F)F)c(C#N)c2C)Cc2cc(F)cc(F)c2)ccc1F.CC(=O)c1cc(-c2cccnc2[C@@H](CC(=O)Cn2nc(C(F)(F)F)nc2C)Cc2cc(F)cc(F)c2)ccc1F.Cc1ccc(-c2cccnc2[C@@H](CC(=O)Cn2nc(C(F)F)c3c2C(F)(F)CCC3(F)F)Cc2cc(F)cc(F)c2)cn1. The predicted octanol–water partition coefficient (Wildman–Crippen LogP) is 20.8. The summed E-state index contributed by atoms with van der Waals surface area (Å²) in [4.78, 5) is 84.5. The number of carbonyl (C=O) groups is 5. The third-order valence-electron chi connectivity index (χ3n) is 20.2. The maximum absolute atomic E-state index is 14.9. The quantitative estimate of drug-likeness (QED) is 0.0345. The average molecular weight is 1750 g/mol. The number of aromatic nitrogens is 11. The molecule has 0 aliphatic heterocycles. The molecule has 0 amide bonds. The van der Waals surface area contributed by atoms with Gasteiger partial charge < -0.3 is 0 Å². The molecule has 7 aromatic heterocycles. The van der Waals surface area contributed by atoms with Gasteiger partial charge in [-0.1, -0.05) is 36.4 Å². The largest absolute Gasteiger partial charge is 0.453 e. The zero-order chi connectivity index (χ0) is 91.1. The minimum atomic E-state index is -4.91. The van der Waals surface area contributed by atoms with E-state index in [0.29, 0.717) is 63.0 Å². The van der Waals surface area contributed by atoms with Gasteiger partial charge in [0.2, 0.25) is 0 Å². The highest BCUT2D eigenvalue weighted by atomic mass is 19.4. The minimum absolute atomic E-state index is 0.0602. The van der Waals surface area contributed by atoms with Gasteiger partial charge in [0, 0.05) is 121 Å². The molecule has 0 fully saturated rings. The Labute approximate surface area is 697 Å². The molecule has 0 unspecified atom stereocenters. The summed E-state index contributed by atoms with van der Waals surface area (Å²) in [5, 5.41) is 19.4. The van der Waals surface area contributed by atoms with E-state index in [1.807, 2.05) is 0 Å². The van der Waals surface area contributed by atoms with Gasteiger partial charge in [-0.15, -0.1) is 5.10 Å². The lowest BCUT2D eigenvalue weighted by atomic mass is 9.86. The van der Waals surface area contributed by atoms with Crippen molar-refractivity contribution in [1.29, 1.82) is 5.26 Å². The van der Waals surface area contributed by atoms with Crippen molar-refractivity contribution in [2.45, 2.75) is 154 Å². The molecular weight excluding hydrogens is 1690 g/mol. The van der Waals surface area contributed by atoms with E-state index in [9.17, 15) is 117 Å². The van der Waals surface area contributed by atoms with Crippen LogP contribution in [0.1, 0.15) is 176 Å². The molecule has 0 spiro atoms. The molecule has 0 radical (unpaired) electrons. The monoisotopic (exact) mass is 1750 g/mol. The van der Waals surface area contributed by atoms with Gasteiger partial charge in [0.15, 0.2) is 34.6 Å². The molecule has 5 aromatic carbocycles. The lowest BCUT2D eigenvalue weighted by Gasteiger charge is -2.29. The Hall–Kier alpha value is -13.3. The van der Waals surface area contributed by atoms with E-state index in [1.54, 1.807) is 61.7 Å². The van der Waals surface area contributed by atoms with E-state index >= 15 is 0 Å². The Morgan fingerprint density at radius 2 is 0.856 bits per heavy atom. The molecule has 7 heterocycles. The van der Waals surface area contributed by atoms with Gasteiger partial charge in [-0.2, -0.15) is 50.6 Å². The highest BCUT2D eigenvalue weighted by Gasteiger charge is 2.55. The van der Waals surface area contributed by atoms with Crippen molar-refractivity contribution in [3.05, 3.63) is 307 Å². The van der Waals surface area contributed by atoms with Crippen molar-refractivity contribution in [2.75, 3.05) is 0 Å². The number of benzene rings is 5. The highest BCUT2D eigenvalue weighted by molar-refractivity contribution is 5.96. The van der Waals surface area contributed by atoms with E-state index in [4.69, 9.17) is 0 Å². The van der Waals surface area contributed by atoms with E-state index < -0.39 is 197 Å². The van der Waals surface area contributed by atoms with Crippen LogP contribution in [0.25, 0.3) is 33.4 Å². The van der Waals surface area contributed by atoms with Crippen LogP contribution in [0.3, 0.4) is 0 Å². The Balaban J connectivity index is 0.000000182. The number of alkyl halides is 12. The maximum Gasteiger partial charge on any atom is 0.453 e. The Morgan fingerprint density at radius 1 is 0.464 bits per heavy atom. The summed E-state index contributed by atoms with van der Waals surface area (Å²) in [6.45, 7) is 4.55. The molecule has 650 valence electrons. The average Bonchev–Trinajstić information content (AvgIpc) is 1.58. The summed E-state index contributed by atoms with van der Waals surface area (Å²) < 4.78 is 280. The fourth-order valence-electron chi connectivity index (χ4n) is 14.6. The molecule has 1 aliphatic carbocycles. The van der Waals surface area contributed by atoms with Crippen LogP contribution in [0, 0.1) is 78.6 Å². The first-order valence-electron chi connectivity index (χ1n) is 37.8. The molecule has 0 N–H and O–H groups in total. The van der Waals surface area contributed by atoms with Crippen molar-refractivity contribution in [3.8, 4) is 39.4 Å². The van der Waals surface area contributed by atoms with Gasteiger partial charge in [0.25, 0.3) is 24.1 Å². The molecule has 12 aromatic rings. The van der Waals surface area contributed by atoms with E-state index in [2.05, 4.69) is 40.2 Å². The van der Waals surface area contributed by atoms with Crippen LogP contribution in [-0.2, 0) is 77.5 Å². The van der Waals surface area contributed by atoms with Crippen LogP contribution >= 0.6 is 0 Å². The lowest BCUT2D eigenvalue weighted by Crippen LogP contribution is -2.33. The van der Waals surface area contributed by atoms with Crippen molar-refractivity contribution in [3.63, 3.8) is 0 Å². The molecule has 125 heavy (non-hydrogen) atoms. The second-order valence-electron chi connectivity index (χ2n) is 29.5. The van der Waals surface area contributed by atoms with Crippen LogP contribution in [0.15, 0.2) is 164 Å². The van der Waals surface area contributed by atoms with Crippen molar-refractivity contribution in [2.24, 2.45) is 0 Å². The van der Waals surface area contributed by atoms with Gasteiger partial charge in [-0.05, 0) is 167 Å². The second-order valence-corrected chi connectivity index (χ2v) is 29.5. The van der Waals surface area contributed by atoms with Crippen molar-refractivity contribution in [1.82, 2.24) is 54.3 Å². The number of halogens is 20. The first-order valence-corrected chi connectivity index (χ1v) is 37.8. The molecule has 0 saturated carbocycles. The molecule has 3 atom stereocenters. The third kappa shape index (κ3) is 22.6. The number of fused-ring (bicyclic) bond motifs is 1. The predicted molar refractivity (Wildman–Crippen MR) is 409 cm³/mol. The van der Waals surface area contributed by atoms with Gasteiger partial charge >= 0.3 is 12.4 Å². The summed E-state index contributed by atoms with van der Waals surface area (Å²) in [5.41, 5.74) is -2.06. The van der Waals surface area contributed by atoms with Gasteiger partial charge in [-0.3, -0.25) is 53.3 Å². The first kappa shape index (κ1) is 92.4. The van der Waals surface area contributed by atoms with Crippen LogP contribution in [-0.4, -0.2) is 83.2 Å². The van der Waals surface area contributed by atoms with Crippen LogP contribution in [0.2, 0.25) is 0 Å². The lowest BCUT2D eigenvalue weighted by molar-refractivity contribution is -0.145. The highest BCUT2D eigenvalue weighted by Crippen LogP contribution is 2.53. The maximum atomic E-state index is 14.9. The molecular formula is C88H68F20N12O5. The zero-order valence-corrected chi connectivity index (χ0v) is 66.1. The van der Waals surface area contributed by atoms with E-state index in [1.165, 1.54) is 76.6 Å². The number of aryl methyl sites for hydroxylation is 2. The number of nitriles is 1. The molecule has 0 saturated heterocycles. The number of nitrogens with zero attached hydrogens (tertiary/aromatic N) is 12. The fourth-order valence-corrected chi connectivity index (χ4v) is 14.6. The first-order chi connectivity index (χ1) is 58.8. The minimum Gasteiger partial charge on any atom is -0.298 e. The van der Waals surface area contributed by atoms with E-state index in [-0.39, 0.29) is 81.8 Å². The summed E-state index contributed by atoms with van der Waals surface area (Å²) in [6, 6.07) is 31.0. The van der Waals surface area contributed by atoms with E-state index in [0.717, 1.165) is 63.6 Å². The molecule has 13 rings (SSSR count). The van der Waals surface area contributed by atoms with Crippen LogP contribution < -0.4 is 0 Å². The van der Waals surface area contributed by atoms with Gasteiger partial charge in [0.1, 0.15) is 88.5 Å². The van der Waals surface area contributed by atoms with Crippen molar-refractivity contribution >= 4 is 28.9 Å². The van der Waals surface area contributed by atoms with Crippen LogP contribution in [0.5, 0.6) is 0 Å². The number of hydrogen-bond acceptors (Lipinski definition) is 14. The Bertz CT molecular complexity index is 6060. The normalized spacial score (nSPS) is 13.6. The smallest absolute Gasteiger partial charge is 0.298 e. The van der Waals surface area contributed by atoms with Crippen molar-refractivity contribution < 1.29 is 112 Å². The molecule has 17 nitrogen and oxygen atoms in total. The number of pyridine rings is 4. The number of rotatable bonds is 27. The molecule has 37 heteroatoms. The second kappa shape index (κ2) is 38.2. The summed E-state index contributed by atoms with van der Waals surface area (Å²) in [6.07, 6.45) is -11.5. The number of ketones is 5. The third-order valence-corrected chi connectivity index (χ3v) is 20.2. The molecule has 1 aliphatic rings. The standard InChI is InChI=1S/C30H24F8N4O.C30H22F6N4O2.C28H22F6N4O2/c1-16-4-5-18(14-40-16)23-3-2-8-39-25(23)19(9-17-10-20(31)13-21(32)11-17)12-22(43)15-42-27-24(26(41-42)28(33)34)29(35,36)6-7-30(27,37)38;1-16-26(14-37)29(30(34,35)36)39-40(16)15-23(42)11-20(8-18-9-21(31)13-22(32)10-18)28-24(4-3-7-38-28)19-5-6-27(33)25(12-19)17(2)41;1-15(39)24-12-18(5-6-25(24)31)23-4-3-7-35-26(23)19(8-17-9-20(29)13-21(30)10-17)11-22(40)14-38-16(2)36-27(37-38)28(32,33)34/h2-5,8,10-11,13-14,19,28H,6-7,9,12,15H2,1H3;3-7,9-10,12-13,20H,8,11,15H2,1-2H3;3-7,9-10,12-13,19H,8,11,14H2,1-2H3/t19-;20-;19-/m111/s1. The van der Waals surface area contributed by atoms with Gasteiger partial charge in [-0.25, -0.2) is 62.4 Å². The Kier molecular flexibility index (Phi) is 28.3.